The van der Waals surface area contributed by atoms with Crippen LogP contribution < -0.4 is 0 Å². The molecule has 2 aliphatic rings. The molecule has 2 heterocycles. The van der Waals surface area contributed by atoms with Gasteiger partial charge in [0.05, 0.1) is 6.42 Å². The number of hydrogen-bond acceptors (Lipinski definition) is 2. The number of carbonyl (C=O) groups excluding carboxylic acids is 1. The van der Waals surface area contributed by atoms with Gasteiger partial charge in [-0.2, -0.15) is 0 Å². The summed E-state index contributed by atoms with van der Waals surface area (Å²) in [5.41, 5.74) is 2.47. The maximum absolute atomic E-state index is 12.6. The highest BCUT2D eigenvalue weighted by molar-refractivity contribution is 6.30. The average Bonchev–Trinajstić information content (AvgIpc) is 3.23. The van der Waals surface area contributed by atoms with Gasteiger partial charge in [0.2, 0.25) is 5.91 Å². The molecule has 4 heteroatoms. The van der Waals surface area contributed by atoms with Crippen molar-refractivity contribution in [3.63, 3.8) is 0 Å². The van der Waals surface area contributed by atoms with Crippen molar-refractivity contribution in [3.05, 3.63) is 70.7 Å². The van der Waals surface area contributed by atoms with E-state index in [2.05, 4.69) is 40.1 Å². The number of fused-ring (bicyclic) bond motifs is 1. The lowest BCUT2D eigenvalue weighted by atomic mass is 10.0. The Balaban J connectivity index is 1.21. The third kappa shape index (κ3) is 4.72. The molecule has 1 amide bonds. The minimum absolute atomic E-state index is 0.252. The zero-order chi connectivity index (χ0) is 18.6. The second-order valence-corrected chi connectivity index (χ2v) is 8.41. The average molecular weight is 383 g/mol. The van der Waals surface area contributed by atoms with Crippen molar-refractivity contribution in [1.82, 2.24) is 9.80 Å². The minimum Gasteiger partial charge on any atom is -0.342 e. The molecule has 0 aliphatic carbocycles. The molecule has 0 aromatic heterocycles. The summed E-state index contributed by atoms with van der Waals surface area (Å²) in [4.78, 5) is 17.3. The summed E-state index contributed by atoms with van der Waals surface area (Å²) in [5, 5.41) is 0.717. The van der Waals surface area contributed by atoms with Gasteiger partial charge >= 0.3 is 0 Å². The number of hydrogen-bond donors (Lipinski definition) is 0. The van der Waals surface area contributed by atoms with Gasteiger partial charge in [0.1, 0.15) is 0 Å². The Bertz CT molecular complexity index is 748. The number of likely N-dealkylation sites (tertiary alicyclic amines) is 2. The largest absolute Gasteiger partial charge is 0.342 e. The summed E-state index contributed by atoms with van der Waals surface area (Å²) in [6, 6.07) is 18.3. The number of aryl methyl sites for hydroxylation is 1. The normalized spacial score (nSPS) is 22.2. The highest BCUT2D eigenvalue weighted by Crippen LogP contribution is 2.31. The summed E-state index contributed by atoms with van der Waals surface area (Å²) in [7, 11) is 0. The standard InChI is InChI=1S/C23H27ClN2O/c24-22-10-8-19(9-11-22)13-23(27)26-16-20-14-25(15-21(20)17-26)12-4-7-18-5-2-1-3-6-18/h1-3,5-6,8-11,20-21H,4,7,12-17H2/t20-,21+. The van der Waals surface area contributed by atoms with Crippen LogP contribution in [-0.2, 0) is 17.6 Å². The first-order valence-corrected chi connectivity index (χ1v) is 10.3. The Kier molecular flexibility index (Phi) is 5.80. The molecule has 2 aromatic carbocycles. The first-order valence-electron chi connectivity index (χ1n) is 9.96. The molecular formula is C23H27ClN2O. The van der Waals surface area contributed by atoms with E-state index >= 15 is 0 Å². The van der Waals surface area contributed by atoms with Crippen LogP contribution in [-0.4, -0.2) is 48.4 Å². The number of halogens is 1. The van der Waals surface area contributed by atoms with E-state index < -0.39 is 0 Å². The van der Waals surface area contributed by atoms with Crippen LogP contribution in [0.5, 0.6) is 0 Å². The van der Waals surface area contributed by atoms with Crippen LogP contribution in [0.2, 0.25) is 5.02 Å². The molecule has 0 saturated carbocycles. The van der Waals surface area contributed by atoms with Crippen LogP contribution in [0, 0.1) is 11.8 Å². The van der Waals surface area contributed by atoms with Crippen LogP contribution in [0.3, 0.4) is 0 Å². The molecule has 0 N–H and O–H groups in total. The quantitative estimate of drug-likeness (QED) is 0.756. The topological polar surface area (TPSA) is 23.6 Å². The van der Waals surface area contributed by atoms with Crippen molar-refractivity contribution >= 4 is 17.5 Å². The fraction of sp³-hybridized carbons (Fsp3) is 0.435. The van der Waals surface area contributed by atoms with E-state index in [1.807, 2.05) is 24.3 Å². The van der Waals surface area contributed by atoms with Crippen molar-refractivity contribution in [2.45, 2.75) is 19.3 Å². The smallest absolute Gasteiger partial charge is 0.227 e. The molecule has 2 fully saturated rings. The zero-order valence-corrected chi connectivity index (χ0v) is 16.4. The summed E-state index contributed by atoms with van der Waals surface area (Å²) in [5.74, 6) is 1.55. The second-order valence-electron chi connectivity index (χ2n) is 7.97. The predicted octanol–water partition coefficient (Wildman–Crippen LogP) is 3.91. The fourth-order valence-corrected chi connectivity index (χ4v) is 4.64. The summed E-state index contributed by atoms with van der Waals surface area (Å²) in [6.07, 6.45) is 2.85. The van der Waals surface area contributed by atoms with Gasteiger partial charge < -0.3 is 9.80 Å². The van der Waals surface area contributed by atoms with Gasteiger partial charge in [0.25, 0.3) is 0 Å². The van der Waals surface area contributed by atoms with Crippen molar-refractivity contribution < 1.29 is 4.79 Å². The number of benzene rings is 2. The molecule has 4 rings (SSSR count). The lowest BCUT2D eigenvalue weighted by Gasteiger charge is -2.21. The molecule has 142 valence electrons. The first-order chi connectivity index (χ1) is 13.2. The van der Waals surface area contributed by atoms with E-state index in [9.17, 15) is 4.79 Å². The van der Waals surface area contributed by atoms with Crippen LogP contribution in [0.25, 0.3) is 0 Å². The summed E-state index contributed by atoms with van der Waals surface area (Å²) in [6.45, 7) is 5.30. The van der Waals surface area contributed by atoms with E-state index in [0.717, 1.165) is 38.2 Å². The Hall–Kier alpha value is -1.84. The van der Waals surface area contributed by atoms with Crippen molar-refractivity contribution in [3.8, 4) is 0 Å². The molecule has 0 unspecified atom stereocenters. The number of rotatable bonds is 6. The third-order valence-corrected chi connectivity index (χ3v) is 6.22. The molecule has 2 saturated heterocycles. The Labute approximate surface area is 166 Å². The maximum atomic E-state index is 12.6. The number of amides is 1. The van der Waals surface area contributed by atoms with Gasteiger partial charge in [-0.1, -0.05) is 54.1 Å². The molecule has 2 aliphatic heterocycles. The molecule has 0 radical (unpaired) electrons. The van der Waals surface area contributed by atoms with Crippen LogP contribution >= 0.6 is 11.6 Å². The van der Waals surface area contributed by atoms with E-state index in [-0.39, 0.29) is 5.91 Å². The lowest BCUT2D eigenvalue weighted by Crippen LogP contribution is -2.34. The molecular weight excluding hydrogens is 356 g/mol. The van der Waals surface area contributed by atoms with Gasteiger partial charge in [0.15, 0.2) is 0 Å². The number of nitrogens with zero attached hydrogens (tertiary/aromatic N) is 2. The van der Waals surface area contributed by atoms with Gasteiger partial charge in [-0.25, -0.2) is 0 Å². The van der Waals surface area contributed by atoms with Gasteiger partial charge in [-0.05, 0) is 54.5 Å². The maximum Gasteiger partial charge on any atom is 0.227 e. The third-order valence-electron chi connectivity index (χ3n) is 5.97. The van der Waals surface area contributed by atoms with E-state index in [1.54, 1.807) is 0 Å². The van der Waals surface area contributed by atoms with Crippen LogP contribution in [0.15, 0.2) is 54.6 Å². The monoisotopic (exact) mass is 382 g/mol. The minimum atomic E-state index is 0.252. The molecule has 2 atom stereocenters. The van der Waals surface area contributed by atoms with Crippen LogP contribution in [0.1, 0.15) is 17.5 Å². The van der Waals surface area contributed by atoms with Crippen molar-refractivity contribution in [1.29, 1.82) is 0 Å². The Morgan fingerprint density at radius 2 is 1.56 bits per heavy atom. The molecule has 27 heavy (non-hydrogen) atoms. The van der Waals surface area contributed by atoms with Crippen LogP contribution in [0.4, 0.5) is 0 Å². The summed E-state index contributed by atoms with van der Waals surface area (Å²) < 4.78 is 0. The second kappa shape index (κ2) is 8.45. The highest BCUT2D eigenvalue weighted by Gasteiger charge is 2.41. The molecule has 3 nitrogen and oxygen atoms in total. The summed E-state index contributed by atoms with van der Waals surface area (Å²) >= 11 is 5.92. The molecule has 0 spiro atoms. The van der Waals surface area contributed by atoms with Gasteiger partial charge in [-0.15, -0.1) is 0 Å². The number of carbonyl (C=O) groups is 1. The zero-order valence-electron chi connectivity index (χ0n) is 15.7. The lowest BCUT2D eigenvalue weighted by molar-refractivity contribution is -0.129. The van der Waals surface area contributed by atoms with Gasteiger partial charge in [0, 0.05) is 31.2 Å². The fourth-order valence-electron chi connectivity index (χ4n) is 4.52. The molecule has 0 bridgehead atoms. The Morgan fingerprint density at radius 1 is 0.889 bits per heavy atom. The SMILES string of the molecule is O=C(Cc1ccc(Cl)cc1)N1C[C@H]2CN(CCCc3ccccc3)C[C@H]2C1. The predicted molar refractivity (Wildman–Crippen MR) is 110 cm³/mol. The van der Waals surface area contributed by atoms with E-state index in [0.29, 0.717) is 23.3 Å². The Morgan fingerprint density at radius 3 is 2.22 bits per heavy atom. The molecule has 2 aromatic rings. The van der Waals surface area contributed by atoms with E-state index in [1.165, 1.54) is 18.5 Å². The van der Waals surface area contributed by atoms with Crippen molar-refractivity contribution in [2.24, 2.45) is 11.8 Å². The van der Waals surface area contributed by atoms with E-state index in [4.69, 9.17) is 11.6 Å². The highest BCUT2D eigenvalue weighted by atomic mass is 35.5. The van der Waals surface area contributed by atoms with Gasteiger partial charge in [-0.3, -0.25) is 4.79 Å². The van der Waals surface area contributed by atoms with Crippen molar-refractivity contribution in [2.75, 3.05) is 32.7 Å². The first kappa shape index (κ1) is 18.5.